The molecule has 2 rings (SSSR count). The molecule has 0 spiro atoms. The number of hydrogen-bond donors (Lipinski definition) is 2. The second kappa shape index (κ2) is 10.00. The van der Waals surface area contributed by atoms with Gasteiger partial charge in [-0.1, -0.05) is 32.4 Å². The number of rotatable bonds is 6. The number of hydrogen-bond acceptors (Lipinski definition) is 3. The normalized spacial score (nSPS) is 14.4. The summed E-state index contributed by atoms with van der Waals surface area (Å²) in [5.74, 6) is 0.909. The Bertz CT molecular complexity index is 687. The van der Waals surface area contributed by atoms with E-state index in [4.69, 9.17) is 10.7 Å². The summed E-state index contributed by atoms with van der Waals surface area (Å²) >= 11 is 0. The number of fused-ring (bicyclic) bond motifs is 1. The fourth-order valence-corrected chi connectivity index (χ4v) is 2.80. The van der Waals surface area contributed by atoms with E-state index in [0.29, 0.717) is 0 Å². The van der Waals surface area contributed by atoms with Crippen molar-refractivity contribution in [1.82, 2.24) is 14.9 Å². The molecule has 2 aromatic rings. The molecule has 1 aromatic carbocycles. The van der Waals surface area contributed by atoms with Gasteiger partial charge in [-0.05, 0) is 38.8 Å². The van der Waals surface area contributed by atoms with Crippen molar-refractivity contribution in [2.45, 2.75) is 59.2 Å². The van der Waals surface area contributed by atoms with Gasteiger partial charge in [-0.15, -0.1) is 24.8 Å². The van der Waals surface area contributed by atoms with Crippen molar-refractivity contribution in [3.05, 3.63) is 30.1 Å². The van der Waals surface area contributed by atoms with Gasteiger partial charge in [-0.2, -0.15) is 0 Å². The first-order valence-electron chi connectivity index (χ1n) is 8.39. The van der Waals surface area contributed by atoms with Gasteiger partial charge in [0, 0.05) is 6.04 Å². The number of nitrogens with one attached hydrogen (secondary N) is 1. The Morgan fingerprint density at radius 1 is 1.20 bits per heavy atom. The van der Waals surface area contributed by atoms with Crippen LogP contribution in [0.2, 0.25) is 0 Å². The van der Waals surface area contributed by atoms with Crippen LogP contribution in [-0.2, 0) is 4.79 Å². The van der Waals surface area contributed by atoms with Crippen molar-refractivity contribution in [2.75, 3.05) is 0 Å². The topological polar surface area (TPSA) is 72.9 Å². The smallest absolute Gasteiger partial charge is 0.237 e. The Morgan fingerprint density at radius 3 is 2.36 bits per heavy atom. The van der Waals surface area contributed by atoms with Crippen LogP contribution in [0.5, 0.6) is 0 Å². The van der Waals surface area contributed by atoms with Gasteiger partial charge in [0.1, 0.15) is 5.82 Å². The minimum absolute atomic E-state index is 0. The van der Waals surface area contributed by atoms with E-state index >= 15 is 0 Å². The van der Waals surface area contributed by atoms with Gasteiger partial charge in [0.15, 0.2) is 0 Å². The summed E-state index contributed by atoms with van der Waals surface area (Å²) in [7, 11) is 0. The second-order valence-electron chi connectivity index (χ2n) is 6.56. The van der Waals surface area contributed by atoms with Crippen LogP contribution in [0.15, 0.2) is 24.3 Å². The summed E-state index contributed by atoms with van der Waals surface area (Å²) in [6, 6.07) is 7.63. The molecule has 0 radical (unpaired) electrons. The predicted octanol–water partition coefficient (Wildman–Crippen LogP) is 4.01. The van der Waals surface area contributed by atoms with Crippen LogP contribution in [-0.4, -0.2) is 21.5 Å². The molecule has 0 aliphatic carbocycles. The maximum Gasteiger partial charge on any atom is 0.237 e. The van der Waals surface area contributed by atoms with Gasteiger partial charge in [0.05, 0.1) is 23.1 Å². The number of halogens is 2. The summed E-state index contributed by atoms with van der Waals surface area (Å²) in [5.41, 5.74) is 8.07. The molecule has 25 heavy (non-hydrogen) atoms. The van der Waals surface area contributed by atoms with E-state index in [1.807, 2.05) is 39.0 Å². The van der Waals surface area contributed by atoms with Crippen LogP contribution in [0.4, 0.5) is 0 Å². The molecular formula is C18H30Cl2N4O. The van der Waals surface area contributed by atoms with Gasteiger partial charge >= 0.3 is 0 Å². The lowest BCUT2D eigenvalue weighted by Gasteiger charge is -2.22. The molecule has 0 aliphatic heterocycles. The standard InChI is InChI=1S/C18H28N4O.2ClH/c1-6-12(4)16(19)18(23)20-13(5)17-21-14-9-7-8-10-15(14)22(17)11(2)3;;/h7-13,16H,6,19H2,1-5H3,(H,20,23);2*1H. The van der Waals surface area contributed by atoms with Gasteiger partial charge in [0.2, 0.25) is 5.91 Å². The molecule has 0 aliphatic rings. The molecule has 0 saturated carbocycles. The zero-order chi connectivity index (χ0) is 17.1. The van der Waals surface area contributed by atoms with Crippen LogP contribution in [0, 0.1) is 5.92 Å². The van der Waals surface area contributed by atoms with Gasteiger partial charge < -0.3 is 15.6 Å². The molecule has 3 N–H and O–H groups in total. The Balaban J connectivity index is 0.00000288. The maximum atomic E-state index is 12.4. The Morgan fingerprint density at radius 2 is 1.80 bits per heavy atom. The summed E-state index contributed by atoms with van der Waals surface area (Å²) in [6.07, 6.45) is 0.882. The molecular weight excluding hydrogens is 359 g/mol. The first-order chi connectivity index (χ1) is 10.9. The van der Waals surface area contributed by atoms with E-state index < -0.39 is 6.04 Å². The predicted molar refractivity (Wildman–Crippen MR) is 109 cm³/mol. The van der Waals surface area contributed by atoms with Gasteiger partial charge in [-0.25, -0.2) is 4.98 Å². The lowest BCUT2D eigenvalue weighted by molar-refractivity contribution is -0.124. The monoisotopic (exact) mass is 388 g/mol. The maximum absolute atomic E-state index is 12.4. The molecule has 7 heteroatoms. The van der Waals surface area contributed by atoms with E-state index in [2.05, 4.69) is 29.8 Å². The molecule has 1 aromatic heterocycles. The summed E-state index contributed by atoms with van der Waals surface area (Å²) in [5, 5.41) is 3.02. The largest absolute Gasteiger partial charge is 0.345 e. The number of nitrogens with zero attached hydrogens (tertiary/aromatic N) is 2. The lowest BCUT2D eigenvalue weighted by Crippen LogP contribution is -2.45. The van der Waals surface area contributed by atoms with E-state index in [0.717, 1.165) is 23.3 Å². The van der Waals surface area contributed by atoms with Crippen molar-refractivity contribution in [2.24, 2.45) is 11.7 Å². The first-order valence-corrected chi connectivity index (χ1v) is 8.39. The minimum Gasteiger partial charge on any atom is -0.345 e. The average molecular weight is 389 g/mol. The van der Waals surface area contributed by atoms with Crippen LogP contribution in [0.3, 0.4) is 0 Å². The third-order valence-electron chi connectivity index (χ3n) is 4.45. The SMILES string of the molecule is CCC(C)C(N)C(=O)NC(C)c1nc2ccccc2n1C(C)C.Cl.Cl. The first kappa shape index (κ1) is 23.7. The van der Waals surface area contributed by atoms with Gasteiger partial charge in [-0.3, -0.25) is 4.79 Å². The van der Waals surface area contributed by atoms with E-state index in [1.165, 1.54) is 0 Å². The van der Waals surface area contributed by atoms with Crippen molar-refractivity contribution in [3.8, 4) is 0 Å². The third kappa shape index (κ3) is 5.09. The van der Waals surface area contributed by atoms with Crippen molar-refractivity contribution < 1.29 is 4.79 Å². The highest BCUT2D eigenvalue weighted by Crippen LogP contribution is 2.25. The van der Waals surface area contributed by atoms with Crippen molar-refractivity contribution >= 4 is 41.8 Å². The molecule has 1 heterocycles. The Labute approximate surface area is 162 Å². The quantitative estimate of drug-likeness (QED) is 0.784. The number of carbonyl (C=O) groups is 1. The Hall–Kier alpha value is -1.30. The van der Waals surface area contributed by atoms with E-state index in [1.54, 1.807) is 0 Å². The number of aromatic nitrogens is 2. The number of carbonyl (C=O) groups excluding carboxylic acids is 1. The third-order valence-corrected chi connectivity index (χ3v) is 4.45. The number of imidazole rings is 1. The minimum atomic E-state index is -0.487. The molecule has 3 atom stereocenters. The fraction of sp³-hybridized carbons (Fsp3) is 0.556. The van der Waals surface area contributed by atoms with Crippen LogP contribution in [0.1, 0.15) is 58.9 Å². The zero-order valence-electron chi connectivity index (χ0n) is 15.5. The van der Waals surface area contributed by atoms with E-state index in [9.17, 15) is 4.79 Å². The van der Waals surface area contributed by atoms with Crippen molar-refractivity contribution in [1.29, 1.82) is 0 Å². The number of amides is 1. The molecule has 3 unspecified atom stereocenters. The van der Waals surface area contributed by atoms with Crippen LogP contribution in [0.25, 0.3) is 11.0 Å². The highest BCUT2D eigenvalue weighted by molar-refractivity contribution is 5.85. The lowest BCUT2D eigenvalue weighted by atomic mass is 9.99. The van der Waals surface area contributed by atoms with Crippen LogP contribution >= 0.6 is 24.8 Å². The molecule has 5 nitrogen and oxygen atoms in total. The number of nitrogens with two attached hydrogens (primary N) is 1. The molecule has 0 fully saturated rings. The molecule has 1 amide bonds. The second-order valence-corrected chi connectivity index (χ2v) is 6.56. The summed E-state index contributed by atoms with van der Waals surface area (Å²) < 4.78 is 2.18. The van der Waals surface area contributed by atoms with Gasteiger partial charge in [0.25, 0.3) is 0 Å². The van der Waals surface area contributed by atoms with Crippen molar-refractivity contribution in [3.63, 3.8) is 0 Å². The van der Waals surface area contributed by atoms with E-state index in [-0.39, 0.29) is 48.7 Å². The summed E-state index contributed by atoms with van der Waals surface area (Å²) in [4.78, 5) is 17.1. The molecule has 142 valence electrons. The average Bonchev–Trinajstić information content (AvgIpc) is 2.92. The molecule has 0 bridgehead atoms. The highest BCUT2D eigenvalue weighted by Gasteiger charge is 2.24. The Kier molecular flexibility index (Phi) is 9.48. The summed E-state index contributed by atoms with van der Waals surface area (Å²) in [6.45, 7) is 10.2. The molecule has 0 saturated heterocycles. The zero-order valence-corrected chi connectivity index (χ0v) is 17.2. The number of benzene rings is 1. The number of para-hydroxylation sites is 2. The highest BCUT2D eigenvalue weighted by atomic mass is 35.5. The van der Waals surface area contributed by atoms with Crippen LogP contribution < -0.4 is 11.1 Å². The fourth-order valence-electron chi connectivity index (χ4n) is 2.80.